The SMILES string of the molecule is CC(=O)Nc1ccccc1C(=O)OC[C@]12CCCC1C1CCC3[C@@]4(C)CC[C@H](O)C(C)(C)C4CC[C@@]3(C)[C@]1(C)CC2. The first-order chi connectivity index (χ1) is 19.3. The van der Waals surface area contributed by atoms with Crippen LogP contribution in [-0.4, -0.2) is 29.7 Å². The number of carbonyl (C=O) groups is 2. The number of carbonyl (C=O) groups excluding carboxylic acids is 2. The fourth-order valence-corrected chi connectivity index (χ4v) is 12.2. The number of esters is 1. The number of nitrogens with one attached hydrogen (secondary N) is 1. The van der Waals surface area contributed by atoms with Crippen LogP contribution in [0.15, 0.2) is 24.3 Å². The standard InChI is InChI=1S/C36H53NO4/c1-23(38)37-27-12-8-7-10-24(27)31(40)41-22-36-17-9-11-26(36)25-13-14-29-33(4)18-16-30(39)32(2,3)28(33)15-19-35(29,6)34(25,5)20-21-36/h7-8,10,12,25-26,28-30,39H,9,11,13-22H2,1-6H3,(H,37,38)/t25?,26?,28?,29?,30-,33-,34+,35+,36+/m0/s1. The summed E-state index contributed by atoms with van der Waals surface area (Å²) in [5, 5.41) is 13.8. The number of para-hydroxylation sites is 1. The van der Waals surface area contributed by atoms with E-state index in [4.69, 9.17) is 4.74 Å². The van der Waals surface area contributed by atoms with Crippen LogP contribution in [0.25, 0.3) is 0 Å². The van der Waals surface area contributed by atoms with Gasteiger partial charge < -0.3 is 15.2 Å². The van der Waals surface area contributed by atoms with Crippen molar-refractivity contribution < 1.29 is 19.4 Å². The van der Waals surface area contributed by atoms with Crippen molar-refractivity contribution in [2.75, 3.05) is 11.9 Å². The quantitative estimate of drug-likeness (QED) is 0.364. The Morgan fingerprint density at radius 2 is 1.61 bits per heavy atom. The summed E-state index contributed by atoms with van der Waals surface area (Å²) in [7, 11) is 0. The Morgan fingerprint density at radius 1 is 0.854 bits per heavy atom. The summed E-state index contributed by atoms with van der Waals surface area (Å²) in [6.45, 7) is 14.5. The molecule has 2 N–H and O–H groups in total. The molecule has 41 heavy (non-hydrogen) atoms. The number of amides is 1. The first-order valence-electron chi connectivity index (χ1n) is 16.5. The van der Waals surface area contributed by atoms with E-state index in [0.717, 1.165) is 25.7 Å². The molecule has 0 heterocycles. The zero-order valence-corrected chi connectivity index (χ0v) is 26.4. The van der Waals surface area contributed by atoms with Gasteiger partial charge in [-0.05, 0) is 122 Å². The van der Waals surface area contributed by atoms with Crippen LogP contribution < -0.4 is 5.32 Å². The van der Waals surface area contributed by atoms with E-state index in [2.05, 4.69) is 39.9 Å². The lowest BCUT2D eigenvalue weighted by atomic mass is 9.32. The molecule has 5 nitrogen and oxygen atoms in total. The predicted molar refractivity (Wildman–Crippen MR) is 162 cm³/mol. The van der Waals surface area contributed by atoms with E-state index in [0.29, 0.717) is 57.8 Å². The van der Waals surface area contributed by atoms with Gasteiger partial charge in [0.2, 0.25) is 5.91 Å². The Kier molecular flexibility index (Phi) is 7.00. The smallest absolute Gasteiger partial charge is 0.340 e. The average molecular weight is 564 g/mol. The van der Waals surface area contributed by atoms with E-state index in [-0.39, 0.29) is 28.8 Å². The third-order valence-corrected chi connectivity index (χ3v) is 14.5. The molecular formula is C36H53NO4. The second-order valence-electron chi connectivity index (χ2n) is 16.2. The van der Waals surface area contributed by atoms with Crippen molar-refractivity contribution in [3.05, 3.63) is 29.8 Å². The number of anilines is 1. The lowest BCUT2D eigenvalue weighted by molar-refractivity contribution is -0.247. The third kappa shape index (κ3) is 4.18. The summed E-state index contributed by atoms with van der Waals surface area (Å²) in [5.41, 5.74) is 1.92. The van der Waals surface area contributed by atoms with E-state index in [1.807, 2.05) is 12.1 Å². The lowest BCUT2D eigenvalue weighted by Gasteiger charge is -2.72. The molecule has 0 spiro atoms. The van der Waals surface area contributed by atoms with E-state index >= 15 is 0 Å². The summed E-state index contributed by atoms with van der Waals surface area (Å²) in [5.74, 6) is 2.06. The molecule has 5 heteroatoms. The van der Waals surface area contributed by atoms with Gasteiger partial charge in [0.05, 0.1) is 24.0 Å². The first-order valence-corrected chi connectivity index (χ1v) is 16.5. The number of hydrogen-bond acceptors (Lipinski definition) is 4. The molecule has 5 fully saturated rings. The van der Waals surface area contributed by atoms with E-state index in [9.17, 15) is 14.7 Å². The summed E-state index contributed by atoms with van der Waals surface area (Å²) < 4.78 is 6.14. The maximum absolute atomic E-state index is 13.3. The van der Waals surface area contributed by atoms with Crippen LogP contribution in [0.5, 0.6) is 0 Å². The van der Waals surface area contributed by atoms with Crippen LogP contribution in [0, 0.1) is 50.7 Å². The number of rotatable bonds is 4. The van der Waals surface area contributed by atoms with E-state index < -0.39 is 0 Å². The average Bonchev–Trinajstić information content (AvgIpc) is 3.34. The molecule has 5 saturated carbocycles. The topological polar surface area (TPSA) is 75.6 Å². The highest BCUT2D eigenvalue weighted by molar-refractivity contribution is 6.00. The Hall–Kier alpha value is -1.88. The number of benzene rings is 1. The number of aliphatic hydroxyl groups excluding tert-OH is 1. The van der Waals surface area contributed by atoms with Crippen molar-refractivity contribution in [1.29, 1.82) is 0 Å². The van der Waals surface area contributed by atoms with Gasteiger partial charge in [-0.3, -0.25) is 4.79 Å². The second kappa shape index (κ2) is 9.82. The van der Waals surface area contributed by atoms with Gasteiger partial charge in [0.1, 0.15) is 0 Å². The molecule has 0 bridgehead atoms. The Labute approximate surface area is 247 Å². The summed E-state index contributed by atoms with van der Waals surface area (Å²) in [4.78, 5) is 25.0. The minimum absolute atomic E-state index is 0.0122. The zero-order chi connectivity index (χ0) is 29.4. The molecule has 6 rings (SSSR count). The van der Waals surface area contributed by atoms with Crippen LogP contribution in [0.1, 0.15) is 123 Å². The van der Waals surface area contributed by atoms with Gasteiger partial charge in [-0.15, -0.1) is 0 Å². The molecule has 5 aliphatic rings. The van der Waals surface area contributed by atoms with Gasteiger partial charge in [0.25, 0.3) is 0 Å². The summed E-state index contributed by atoms with van der Waals surface area (Å²) in [6, 6.07) is 7.17. The van der Waals surface area contributed by atoms with Gasteiger partial charge in [-0.2, -0.15) is 0 Å². The molecular weight excluding hydrogens is 510 g/mol. The van der Waals surface area contributed by atoms with Crippen molar-refractivity contribution >= 4 is 17.6 Å². The number of ether oxygens (including phenoxy) is 1. The van der Waals surface area contributed by atoms with Crippen LogP contribution in [-0.2, 0) is 9.53 Å². The summed E-state index contributed by atoms with van der Waals surface area (Å²) >= 11 is 0. The molecule has 1 aromatic rings. The van der Waals surface area contributed by atoms with Gasteiger partial charge >= 0.3 is 5.97 Å². The summed E-state index contributed by atoms with van der Waals surface area (Å²) in [6.07, 6.45) is 13.0. The maximum atomic E-state index is 13.3. The molecule has 1 aromatic carbocycles. The van der Waals surface area contributed by atoms with E-state index in [1.165, 1.54) is 51.9 Å². The fraction of sp³-hybridized carbons (Fsp3) is 0.778. The van der Waals surface area contributed by atoms with Crippen molar-refractivity contribution in [2.45, 2.75) is 118 Å². The monoisotopic (exact) mass is 563 g/mol. The van der Waals surface area contributed by atoms with E-state index in [1.54, 1.807) is 12.1 Å². The molecule has 4 unspecified atom stereocenters. The minimum atomic E-state index is -0.327. The van der Waals surface area contributed by atoms with Gasteiger partial charge in [-0.1, -0.05) is 53.2 Å². The minimum Gasteiger partial charge on any atom is -0.461 e. The molecule has 226 valence electrons. The van der Waals surface area contributed by atoms with Crippen molar-refractivity contribution in [1.82, 2.24) is 0 Å². The van der Waals surface area contributed by atoms with Crippen molar-refractivity contribution in [2.24, 2.45) is 50.7 Å². The van der Waals surface area contributed by atoms with Gasteiger partial charge in [0, 0.05) is 12.3 Å². The second-order valence-corrected chi connectivity index (χ2v) is 16.2. The number of fused-ring (bicyclic) bond motifs is 7. The molecule has 0 aromatic heterocycles. The third-order valence-electron chi connectivity index (χ3n) is 14.5. The highest BCUT2D eigenvalue weighted by Gasteiger charge is 2.70. The van der Waals surface area contributed by atoms with Crippen LogP contribution in [0.3, 0.4) is 0 Å². The van der Waals surface area contributed by atoms with Crippen molar-refractivity contribution in [3.8, 4) is 0 Å². The van der Waals surface area contributed by atoms with Crippen molar-refractivity contribution in [3.63, 3.8) is 0 Å². The highest BCUT2D eigenvalue weighted by atomic mass is 16.5. The fourth-order valence-electron chi connectivity index (χ4n) is 12.2. The molecule has 1 amide bonds. The molecule has 5 aliphatic carbocycles. The number of hydrogen-bond donors (Lipinski definition) is 2. The highest BCUT2D eigenvalue weighted by Crippen LogP contribution is 2.76. The van der Waals surface area contributed by atoms with Crippen LogP contribution in [0.2, 0.25) is 0 Å². The van der Waals surface area contributed by atoms with Crippen LogP contribution in [0.4, 0.5) is 5.69 Å². The zero-order valence-electron chi connectivity index (χ0n) is 26.4. The predicted octanol–water partition coefficient (Wildman–Crippen LogP) is 8.02. The number of aliphatic hydroxyl groups is 1. The Bertz CT molecular complexity index is 1210. The normalized spacial score (nSPS) is 44.5. The largest absolute Gasteiger partial charge is 0.461 e. The molecule has 0 saturated heterocycles. The van der Waals surface area contributed by atoms with Crippen LogP contribution >= 0.6 is 0 Å². The lowest BCUT2D eigenvalue weighted by Crippen LogP contribution is -2.66. The molecule has 9 atom stereocenters. The first kappa shape index (κ1) is 29.2. The molecule has 0 aliphatic heterocycles. The van der Waals surface area contributed by atoms with Gasteiger partial charge in [-0.25, -0.2) is 4.79 Å². The Morgan fingerprint density at radius 3 is 2.37 bits per heavy atom. The maximum Gasteiger partial charge on any atom is 0.340 e. The van der Waals surface area contributed by atoms with Gasteiger partial charge in [0.15, 0.2) is 0 Å². The molecule has 0 radical (unpaired) electrons. The Balaban J connectivity index is 1.23.